The summed E-state index contributed by atoms with van der Waals surface area (Å²) in [5.41, 5.74) is -0.800. The Hall–Kier alpha value is -0.0700. The van der Waals surface area contributed by atoms with E-state index in [0.29, 0.717) is 0 Å². The minimum absolute atomic E-state index is 0.794. The van der Waals surface area contributed by atoms with Crippen molar-refractivity contribution in [3.63, 3.8) is 0 Å². The van der Waals surface area contributed by atoms with E-state index in [1.54, 1.807) is 0 Å². The minimum atomic E-state index is -0.800. The summed E-state index contributed by atoms with van der Waals surface area (Å²) < 4.78 is 14.4. The molecule has 0 aromatic rings. The van der Waals surface area contributed by atoms with Crippen molar-refractivity contribution in [1.82, 2.24) is 0 Å². The van der Waals surface area contributed by atoms with Crippen molar-refractivity contribution in [2.24, 2.45) is 17.8 Å². The highest BCUT2D eigenvalue weighted by atomic mass is 19.1. The zero-order chi connectivity index (χ0) is 13.0. The molecule has 0 heterocycles. The summed E-state index contributed by atoms with van der Waals surface area (Å²) in [6.45, 7) is 4.44. The Bertz CT molecular complexity index is 232. The van der Waals surface area contributed by atoms with Gasteiger partial charge >= 0.3 is 0 Å². The Morgan fingerprint density at radius 1 is 0.889 bits per heavy atom. The zero-order valence-corrected chi connectivity index (χ0v) is 12.4. The van der Waals surface area contributed by atoms with Crippen LogP contribution in [0.1, 0.15) is 84.5 Å². The second-order valence-corrected chi connectivity index (χ2v) is 6.93. The van der Waals surface area contributed by atoms with Gasteiger partial charge in [-0.25, -0.2) is 4.39 Å². The second kappa shape index (κ2) is 6.39. The molecule has 2 saturated carbocycles. The highest BCUT2D eigenvalue weighted by Gasteiger charge is 2.37. The summed E-state index contributed by atoms with van der Waals surface area (Å²) in [5, 5.41) is 0. The lowest BCUT2D eigenvalue weighted by molar-refractivity contribution is 0.0473. The van der Waals surface area contributed by atoms with E-state index in [4.69, 9.17) is 0 Å². The zero-order valence-electron chi connectivity index (χ0n) is 12.4. The molecule has 0 spiro atoms. The fraction of sp³-hybridized carbons (Fsp3) is 1.00. The molecule has 0 amide bonds. The van der Waals surface area contributed by atoms with E-state index in [0.717, 1.165) is 56.3 Å². The molecule has 18 heavy (non-hydrogen) atoms. The molecule has 0 bridgehead atoms. The molecular formula is C17H31F. The quantitative estimate of drug-likeness (QED) is 0.585. The summed E-state index contributed by atoms with van der Waals surface area (Å²) in [5.74, 6) is 2.77. The second-order valence-electron chi connectivity index (χ2n) is 6.93. The van der Waals surface area contributed by atoms with Crippen LogP contribution in [0.3, 0.4) is 0 Å². The Morgan fingerprint density at radius 2 is 1.44 bits per heavy atom. The Balaban J connectivity index is 1.76. The Kier molecular flexibility index (Phi) is 5.09. The molecule has 0 atom stereocenters. The van der Waals surface area contributed by atoms with Gasteiger partial charge in [-0.15, -0.1) is 0 Å². The van der Waals surface area contributed by atoms with E-state index in [2.05, 4.69) is 13.8 Å². The van der Waals surface area contributed by atoms with Gasteiger partial charge in [0.1, 0.15) is 5.67 Å². The van der Waals surface area contributed by atoms with Gasteiger partial charge < -0.3 is 0 Å². The van der Waals surface area contributed by atoms with E-state index >= 15 is 0 Å². The molecule has 2 aliphatic carbocycles. The lowest BCUT2D eigenvalue weighted by Gasteiger charge is -2.40. The van der Waals surface area contributed by atoms with E-state index in [1.165, 1.54) is 32.1 Å². The molecule has 2 fully saturated rings. The Morgan fingerprint density at radius 3 is 1.94 bits per heavy atom. The third-order valence-electron chi connectivity index (χ3n) is 5.76. The SMILES string of the molecule is CCCC1(F)CCC(C2CCC(CC)CC2)CC1. The van der Waals surface area contributed by atoms with Crippen molar-refractivity contribution < 1.29 is 4.39 Å². The molecule has 0 radical (unpaired) electrons. The third-order valence-corrected chi connectivity index (χ3v) is 5.76. The normalized spacial score (nSPS) is 41.8. The molecule has 1 heteroatoms. The highest BCUT2D eigenvalue weighted by molar-refractivity contribution is 4.89. The van der Waals surface area contributed by atoms with Crippen molar-refractivity contribution in [2.75, 3.05) is 0 Å². The third kappa shape index (κ3) is 3.48. The average Bonchev–Trinajstić information content (AvgIpc) is 2.40. The van der Waals surface area contributed by atoms with Crippen molar-refractivity contribution >= 4 is 0 Å². The van der Waals surface area contributed by atoms with Crippen LogP contribution in [0, 0.1) is 17.8 Å². The molecule has 0 aromatic heterocycles. The van der Waals surface area contributed by atoms with Crippen LogP contribution in [0.2, 0.25) is 0 Å². The first-order chi connectivity index (χ1) is 8.67. The summed E-state index contributed by atoms with van der Waals surface area (Å²) in [7, 11) is 0. The predicted molar refractivity (Wildman–Crippen MR) is 76.4 cm³/mol. The maximum atomic E-state index is 14.4. The lowest BCUT2D eigenvalue weighted by atomic mass is 9.67. The van der Waals surface area contributed by atoms with Crippen LogP contribution in [0.4, 0.5) is 4.39 Å². The average molecular weight is 254 g/mol. The predicted octanol–water partition coefficient (Wildman–Crippen LogP) is 5.90. The monoisotopic (exact) mass is 254 g/mol. The highest BCUT2D eigenvalue weighted by Crippen LogP contribution is 2.45. The van der Waals surface area contributed by atoms with Crippen LogP contribution in [0.15, 0.2) is 0 Å². The van der Waals surface area contributed by atoms with Crippen LogP contribution in [-0.4, -0.2) is 5.67 Å². The van der Waals surface area contributed by atoms with Gasteiger partial charge in [0.05, 0.1) is 0 Å². The van der Waals surface area contributed by atoms with E-state index in [9.17, 15) is 4.39 Å². The van der Waals surface area contributed by atoms with Crippen molar-refractivity contribution in [3.8, 4) is 0 Å². The maximum absolute atomic E-state index is 14.4. The number of hydrogen-bond donors (Lipinski definition) is 0. The topological polar surface area (TPSA) is 0 Å². The van der Waals surface area contributed by atoms with Crippen LogP contribution in [-0.2, 0) is 0 Å². The van der Waals surface area contributed by atoms with E-state index in [1.807, 2.05) is 0 Å². The van der Waals surface area contributed by atoms with Crippen LogP contribution in [0.5, 0.6) is 0 Å². The molecule has 0 N–H and O–H groups in total. The molecule has 2 aliphatic rings. The van der Waals surface area contributed by atoms with Gasteiger partial charge in [-0.3, -0.25) is 0 Å². The first-order valence-corrected chi connectivity index (χ1v) is 8.35. The number of hydrogen-bond acceptors (Lipinski definition) is 0. The van der Waals surface area contributed by atoms with Gasteiger partial charge in [0.15, 0.2) is 0 Å². The van der Waals surface area contributed by atoms with E-state index < -0.39 is 5.67 Å². The standard InChI is InChI=1S/C17H31F/c1-3-11-17(18)12-9-16(10-13-17)15-7-5-14(4-2)6-8-15/h14-16H,3-13H2,1-2H3. The van der Waals surface area contributed by atoms with Gasteiger partial charge in [0, 0.05) is 0 Å². The van der Waals surface area contributed by atoms with Gasteiger partial charge in [0.2, 0.25) is 0 Å². The number of rotatable bonds is 4. The summed E-state index contributed by atoms with van der Waals surface area (Å²) in [4.78, 5) is 0. The lowest BCUT2D eigenvalue weighted by Crippen LogP contribution is -2.33. The Labute approximate surface area is 113 Å². The molecule has 106 valence electrons. The van der Waals surface area contributed by atoms with Crippen LogP contribution >= 0.6 is 0 Å². The minimum Gasteiger partial charge on any atom is -0.244 e. The van der Waals surface area contributed by atoms with Crippen LogP contribution in [0.25, 0.3) is 0 Å². The fourth-order valence-electron chi connectivity index (χ4n) is 4.39. The van der Waals surface area contributed by atoms with E-state index in [-0.39, 0.29) is 0 Å². The van der Waals surface area contributed by atoms with Crippen molar-refractivity contribution in [1.29, 1.82) is 0 Å². The molecule has 0 saturated heterocycles. The van der Waals surface area contributed by atoms with Gasteiger partial charge in [0.25, 0.3) is 0 Å². The molecule has 0 nitrogen and oxygen atoms in total. The number of alkyl halides is 1. The summed E-state index contributed by atoms with van der Waals surface area (Å²) >= 11 is 0. The molecule has 0 aromatic carbocycles. The summed E-state index contributed by atoms with van der Waals surface area (Å²) in [6, 6.07) is 0. The largest absolute Gasteiger partial charge is 0.244 e. The first-order valence-electron chi connectivity index (χ1n) is 8.35. The maximum Gasteiger partial charge on any atom is 0.111 e. The molecule has 0 aliphatic heterocycles. The van der Waals surface area contributed by atoms with Crippen LogP contribution < -0.4 is 0 Å². The fourth-order valence-corrected chi connectivity index (χ4v) is 4.39. The van der Waals surface area contributed by atoms with Gasteiger partial charge in [-0.2, -0.15) is 0 Å². The smallest absolute Gasteiger partial charge is 0.111 e. The van der Waals surface area contributed by atoms with Crippen molar-refractivity contribution in [3.05, 3.63) is 0 Å². The first kappa shape index (κ1) is 14.3. The molecular weight excluding hydrogens is 223 g/mol. The van der Waals surface area contributed by atoms with Gasteiger partial charge in [-0.05, 0) is 62.7 Å². The number of halogens is 1. The molecule has 2 rings (SSSR count). The summed E-state index contributed by atoms with van der Waals surface area (Å²) in [6.07, 6.45) is 12.9. The van der Waals surface area contributed by atoms with Gasteiger partial charge in [-0.1, -0.05) is 39.5 Å². The van der Waals surface area contributed by atoms with Crippen molar-refractivity contribution in [2.45, 2.75) is 90.1 Å². The molecule has 0 unspecified atom stereocenters.